The molecule has 244 valence electrons. The van der Waals surface area contributed by atoms with Crippen molar-refractivity contribution in [2.75, 3.05) is 18.6 Å². The molecule has 2 amide bonds. The molecule has 3 fully saturated rings. The second-order valence-electron chi connectivity index (χ2n) is 12.8. The molecule has 3 N–H and O–H groups in total. The molecule has 4 aromatic rings. The largest absolute Gasteiger partial charge is 0.493 e. The minimum Gasteiger partial charge on any atom is -0.493 e. The minimum absolute atomic E-state index is 0.00691. The van der Waals surface area contributed by atoms with Crippen molar-refractivity contribution in [2.24, 2.45) is 11.1 Å². The number of anilines is 2. The van der Waals surface area contributed by atoms with Crippen LogP contribution in [0, 0.1) is 17.0 Å². The first kappa shape index (κ1) is 30.9. The van der Waals surface area contributed by atoms with E-state index in [9.17, 15) is 14.0 Å². The highest BCUT2D eigenvalue weighted by atomic mass is 19.1. The highest BCUT2D eigenvalue weighted by molar-refractivity contribution is 6.16. The fourth-order valence-corrected chi connectivity index (χ4v) is 6.40. The fourth-order valence-electron chi connectivity index (χ4n) is 6.40. The number of methoxy groups -OCH3 is 1. The number of aromatic nitrogens is 1. The van der Waals surface area contributed by atoms with Crippen molar-refractivity contribution >= 4 is 34.1 Å². The Morgan fingerprint density at radius 3 is 2.28 bits per heavy atom. The molecule has 0 aliphatic heterocycles. The quantitative estimate of drug-likeness (QED) is 0.166. The molecule has 1 aromatic heterocycles. The van der Waals surface area contributed by atoms with E-state index >= 15 is 4.39 Å². The number of primary amides is 1. The summed E-state index contributed by atoms with van der Waals surface area (Å²) in [5, 5.41) is 4.39. The van der Waals surface area contributed by atoms with E-state index in [0.717, 1.165) is 18.9 Å². The highest BCUT2D eigenvalue weighted by Crippen LogP contribution is 2.49. The van der Waals surface area contributed by atoms with Gasteiger partial charge < -0.3 is 25.3 Å². The lowest BCUT2D eigenvalue weighted by atomic mass is 10.0. The Morgan fingerprint density at radius 1 is 0.915 bits per heavy atom. The lowest BCUT2D eigenvalue weighted by Gasteiger charge is -2.26. The zero-order valence-electron chi connectivity index (χ0n) is 26.1. The van der Waals surface area contributed by atoms with E-state index in [2.05, 4.69) is 10.3 Å². The third-order valence-electron chi connectivity index (χ3n) is 9.52. The molecule has 0 bridgehead atoms. The Kier molecular flexibility index (Phi) is 7.95. The van der Waals surface area contributed by atoms with Crippen molar-refractivity contribution in [1.29, 1.82) is 0 Å². The summed E-state index contributed by atoms with van der Waals surface area (Å²) in [6.07, 6.45) is 9.22. The molecule has 3 aliphatic carbocycles. The van der Waals surface area contributed by atoms with Crippen LogP contribution in [0.4, 0.5) is 20.2 Å². The van der Waals surface area contributed by atoms with Gasteiger partial charge in [-0.1, -0.05) is 12.8 Å². The van der Waals surface area contributed by atoms with Crippen molar-refractivity contribution in [3.8, 4) is 23.0 Å². The number of hydrogen-bond donors (Lipinski definition) is 2. The molecule has 47 heavy (non-hydrogen) atoms. The topological polar surface area (TPSA) is 116 Å². The van der Waals surface area contributed by atoms with Gasteiger partial charge in [-0.2, -0.15) is 0 Å². The number of nitrogens with one attached hydrogen (secondary N) is 1. The average molecular weight is 643 g/mol. The van der Waals surface area contributed by atoms with Gasteiger partial charge >= 0.3 is 0 Å². The smallest absolute Gasteiger partial charge is 0.247 e. The second kappa shape index (κ2) is 12.1. The molecule has 1 heterocycles. The number of carbonyl (C=O) groups is 2. The predicted octanol–water partition coefficient (Wildman–Crippen LogP) is 6.69. The maximum absolute atomic E-state index is 15.7. The van der Waals surface area contributed by atoms with E-state index in [0.29, 0.717) is 40.8 Å². The summed E-state index contributed by atoms with van der Waals surface area (Å²) >= 11 is 0. The van der Waals surface area contributed by atoms with Crippen molar-refractivity contribution in [3.05, 3.63) is 78.5 Å². The average Bonchev–Trinajstić information content (AvgIpc) is 3.98. The number of nitrogens with zero attached hydrogens (tertiary/aromatic N) is 2. The summed E-state index contributed by atoms with van der Waals surface area (Å²) < 4.78 is 47.4. The first-order valence-corrected chi connectivity index (χ1v) is 15.9. The molecule has 0 unspecified atom stereocenters. The van der Waals surface area contributed by atoms with E-state index < -0.39 is 28.9 Å². The van der Waals surface area contributed by atoms with Gasteiger partial charge in [0.2, 0.25) is 11.8 Å². The van der Waals surface area contributed by atoms with Crippen LogP contribution in [-0.4, -0.2) is 42.1 Å². The molecular weight excluding hydrogens is 606 g/mol. The van der Waals surface area contributed by atoms with Gasteiger partial charge in [0.05, 0.1) is 23.9 Å². The van der Waals surface area contributed by atoms with Crippen LogP contribution < -0.4 is 30.2 Å². The molecule has 7 rings (SSSR count). The molecule has 0 radical (unpaired) electrons. The fraction of sp³-hybridized carbons (Fsp3) is 0.361. The Balaban J connectivity index is 1.14. The summed E-state index contributed by atoms with van der Waals surface area (Å²) in [4.78, 5) is 31.5. The molecule has 0 saturated heterocycles. The third kappa shape index (κ3) is 6.07. The van der Waals surface area contributed by atoms with Gasteiger partial charge in [-0.25, -0.2) is 8.78 Å². The number of pyridine rings is 1. The molecule has 3 saturated carbocycles. The Hall–Kier alpha value is -4.77. The first-order chi connectivity index (χ1) is 22.7. The molecule has 3 aromatic carbocycles. The zero-order chi connectivity index (χ0) is 32.8. The van der Waals surface area contributed by atoms with Crippen LogP contribution in [-0.2, 0) is 9.59 Å². The number of carbonyl (C=O) groups excluding carboxylic acids is 2. The Morgan fingerprint density at radius 2 is 1.64 bits per heavy atom. The van der Waals surface area contributed by atoms with Gasteiger partial charge in [0.15, 0.2) is 23.1 Å². The molecule has 3 aliphatic rings. The number of amides is 2. The lowest BCUT2D eigenvalue weighted by molar-refractivity contribution is -0.133. The van der Waals surface area contributed by atoms with Crippen molar-refractivity contribution < 1.29 is 32.6 Å². The number of fused-ring (bicyclic) bond motifs is 1. The number of hydrogen-bond acceptors (Lipinski definition) is 7. The van der Waals surface area contributed by atoms with Crippen molar-refractivity contribution in [2.45, 2.75) is 62.9 Å². The van der Waals surface area contributed by atoms with E-state index in [-0.39, 0.29) is 35.5 Å². The van der Waals surface area contributed by atoms with Crippen molar-refractivity contribution in [3.63, 3.8) is 0 Å². The van der Waals surface area contributed by atoms with Crippen molar-refractivity contribution in [1.82, 2.24) is 10.3 Å². The van der Waals surface area contributed by atoms with Crippen LogP contribution in [0.1, 0.15) is 51.4 Å². The third-order valence-corrected chi connectivity index (χ3v) is 9.52. The highest BCUT2D eigenvalue weighted by Gasteiger charge is 2.57. The molecule has 11 heteroatoms. The number of halogens is 2. The van der Waals surface area contributed by atoms with Crippen LogP contribution in [0.3, 0.4) is 0 Å². The van der Waals surface area contributed by atoms with Gasteiger partial charge in [0.1, 0.15) is 23.6 Å². The summed E-state index contributed by atoms with van der Waals surface area (Å²) in [5.74, 6) is -1.31. The van der Waals surface area contributed by atoms with Crippen LogP contribution in [0.25, 0.3) is 10.9 Å². The van der Waals surface area contributed by atoms with Crippen LogP contribution >= 0.6 is 0 Å². The van der Waals surface area contributed by atoms with Gasteiger partial charge in [0, 0.05) is 35.4 Å². The van der Waals surface area contributed by atoms with E-state index in [1.807, 2.05) is 0 Å². The lowest BCUT2D eigenvalue weighted by Crippen LogP contribution is -2.42. The SMILES string of the molecule is COc1cc2c(Oc3ccc(N(C(=O)C4(C(N)=O)CC4)c4ccc(F)cc4)cc3F)ccnc2cc1OCC1(NC2CCCC2)CC1. The summed E-state index contributed by atoms with van der Waals surface area (Å²) in [5.41, 5.74) is 5.16. The molecule has 0 spiro atoms. The summed E-state index contributed by atoms with van der Waals surface area (Å²) in [7, 11) is 1.56. The van der Waals surface area contributed by atoms with Gasteiger partial charge in [-0.05, 0) is 87.1 Å². The number of rotatable bonds is 12. The second-order valence-corrected chi connectivity index (χ2v) is 12.8. The van der Waals surface area contributed by atoms with E-state index in [1.165, 1.54) is 67.0 Å². The van der Waals surface area contributed by atoms with Gasteiger partial charge in [0.25, 0.3) is 0 Å². The molecule has 9 nitrogen and oxygen atoms in total. The van der Waals surface area contributed by atoms with Crippen LogP contribution in [0.2, 0.25) is 0 Å². The maximum Gasteiger partial charge on any atom is 0.247 e. The first-order valence-electron chi connectivity index (χ1n) is 15.9. The predicted molar refractivity (Wildman–Crippen MR) is 172 cm³/mol. The Labute approximate surface area is 271 Å². The normalized spacial score (nSPS) is 17.7. The number of ether oxygens (including phenoxy) is 3. The van der Waals surface area contributed by atoms with Gasteiger partial charge in [-0.15, -0.1) is 0 Å². The van der Waals surface area contributed by atoms with E-state index in [1.54, 1.807) is 31.5 Å². The standard InChI is InChI=1S/C36H36F2N4O5/c1-45-31-19-26-28(20-32(31)46-21-35(13-14-35)41-23-4-2-3-5-23)40-17-12-29(26)47-30-11-10-25(18-27(30)38)42(24-8-6-22(37)7-9-24)34(44)36(15-16-36)33(39)43/h6-12,17-20,23,41H,2-5,13-16,21H2,1H3,(H2,39,43). The Bertz CT molecular complexity index is 1840. The maximum atomic E-state index is 15.7. The van der Waals surface area contributed by atoms with E-state index in [4.69, 9.17) is 19.9 Å². The van der Waals surface area contributed by atoms with Crippen LogP contribution in [0.5, 0.6) is 23.0 Å². The monoisotopic (exact) mass is 642 g/mol. The minimum atomic E-state index is -1.39. The number of nitrogens with two attached hydrogens (primary N) is 1. The number of benzene rings is 3. The molecular formula is C36H36F2N4O5. The van der Waals surface area contributed by atoms with Crippen LogP contribution in [0.15, 0.2) is 66.9 Å². The summed E-state index contributed by atoms with van der Waals surface area (Å²) in [6.45, 7) is 0.525. The zero-order valence-corrected chi connectivity index (χ0v) is 26.1. The summed E-state index contributed by atoms with van der Waals surface area (Å²) in [6, 6.07) is 14.9. The molecule has 0 atom stereocenters. The van der Waals surface area contributed by atoms with Gasteiger partial charge in [-0.3, -0.25) is 19.5 Å².